The number of hydrogen-bond acceptors (Lipinski definition) is 5. The van der Waals surface area contributed by atoms with Gasteiger partial charge in [-0.2, -0.15) is 5.26 Å². The van der Waals surface area contributed by atoms with Crippen molar-refractivity contribution in [2.45, 2.75) is 20.8 Å². The first kappa shape index (κ1) is 21.8. The molecule has 0 atom stereocenters. The van der Waals surface area contributed by atoms with Crippen molar-refractivity contribution in [3.8, 4) is 17.4 Å². The number of hydrogen-bond donors (Lipinski definition) is 1. The van der Waals surface area contributed by atoms with Crippen molar-refractivity contribution in [1.82, 2.24) is 0 Å². The van der Waals surface area contributed by atoms with Crippen LogP contribution in [0.25, 0.3) is 17.4 Å². The van der Waals surface area contributed by atoms with Crippen LogP contribution in [0.15, 0.2) is 52.5 Å². The summed E-state index contributed by atoms with van der Waals surface area (Å²) in [6.45, 7) is 5.23. The SMILES string of the molecule is Cc1cc(-c2ccc(/C=C(/C#N)C(=O)Nc3cccc(Cl)c3C)o2)cc([N+](=O)[O-])c1C. The molecule has 31 heavy (non-hydrogen) atoms. The molecular formula is C23H18ClN3O4. The number of nitrogens with one attached hydrogen (secondary N) is 1. The molecule has 0 aliphatic heterocycles. The summed E-state index contributed by atoms with van der Waals surface area (Å²) in [6, 6.07) is 13.4. The molecule has 0 bridgehead atoms. The molecule has 0 fully saturated rings. The smallest absolute Gasteiger partial charge is 0.273 e. The average molecular weight is 436 g/mol. The fourth-order valence-electron chi connectivity index (χ4n) is 2.98. The molecule has 1 N–H and O–H groups in total. The van der Waals surface area contributed by atoms with Crippen LogP contribution < -0.4 is 5.32 Å². The van der Waals surface area contributed by atoms with E-state index in [0.29, 0.717) is 33.2 Å². The molecule has 0 radical (unpaired) electrons. The van der Waals surface area contributed by atoms with E-state index in [-0.39, 0.29) is 17.0 Å². The Morgan fingerprint density at radius 1 is 1.19 bits per heavy atom. The standard InChI is InChI=1S/C23H18ClN3O4/c1-13-9-16(11-21(14(13)2)27(29)30)22-8-7-18(31-22)10-17(12-25)23(28)26-20-6-4-5-19(24)15(20)3/h4-11H,1-3H3,(H,26,28)/b17-10-. The van der Waals surface area contributed by atoms with E-state index in [9.17, 15) is 20.2 Å². The summed E-state index contributed by atoms with van der Waals surface area (Å²) >= 11 is 6.06. The topological polar surface area (TPSA) is 109 Å². The van der Waals surface area contributed by atoms with Crippen LogP contribution in [0.4, 0.5) is 11.4 Å². The van der Waals surface area contributed by atoms with E-state index >= 15 is 0 Å². The molecule has 0 saturated carbocycles. The number of anilines is 1. The Balaban J connectivity index is 1.89. The number of furan rings is 1. The number of aryl methyl sites for hydroxylation is 1. The molecule has 1 heterocycles. The van der Waals surface area contributed by atoms with Gasteiger partial charge in [-0.1, -0.05) is 17.7 Å². The minimum Gasteiger partial charge on any atom is -0.457 e. The number of nitro benzene ring substituents is 1. The Bertz CT molecular complexity index is 1270. The van der Waals surface area contributed by atoms with Crippen molar-refractivity contribution in [3.05, 3.63) is 85.6 Å². The first-order valence-electron chi connectivity index (χ1n) is 9.25. The Labute approximate surface area is 183 Å². The maximum absolute atomic E-state index is 12.5. The van der Waals surface area contributed by atoms with Crippen LogP contribution in [-0.2, 0) is 4.79 Å². The monoisotopic (exact) mass is 435 g/mol. The molecule has 3 rings (SSSR count). The van der Waals surface area contributed by atoms with Gasteiger partial charge in [0, 0.05) is 34.0 Å². The Hall–Kier alpha value is -3.89. The van der Waals surface area contributed by atoms with Gasteiger partial charge in [0.25, 0.3) is 11.6 Å². The second kappa shape index (κ2) is 8.86. The number of nitrogens with zero attached hydrogens (tertiary/aromatic N) is 2. The van der Waals surface area contributed by atoms with E-state index in [1.54, 1.807) is 57.2 Å². The van der Waals surface area contributed by atoms with E-state index < -0.39 is 10.8 Å². The van der Waals surface area contributed by atoms with Crippen LogP contribution in [0, 0.1) is 42.2 Å². The minimum atomic E-state index is -0.604. The number of nitriles is 1. The largest absolute Gasteiger partial charge is 0.457 e. The highest BCUT2D eigenvalue weighted by Crippen LogP contribution is 2.31. The molecule has 156 valence electrons. The van der Waals surface area contributed by atoms with Crippen molar-refractivity contribution < 1.29 is 14.1 Å². The average Bonchev–Trinajstić information content (AvgIpc) is 3.19. The lowest BCUT2D eigenvalue weighted by atomic mass is 10.0. The minimum absolute atomic E-state index is 0.00234. The maximum atomic E-state index is 12.5. The number of amides is 1. The summed E-state index contributed by atoms with van der Waals surface area (Å²) in [4.78, 5) is 23.4. The second-order valence-electron chi connectivity index (χ2n) is 6.93. The molecule has 0 saturated heterocycles. The van der Waals surface area contributed by atoms with E-state index in [0.717, 1.165) is 5.56 Å². The van der Waals surface area contributed by atoms with Crippen molar-refractivity contribution >= 4 is 35.0 Å². The van der Waals surface area contributed by atoms with E-state index in [1.807, 2.05) is 6.07 Å². The molecule has 1 aromatic heterocycles. The fraction of sp³-hybridized carbons (Fsp3) is 0.130. The second-order valence-corrected chi connectivity index (χ2v) is 7.34. The summed E-state index contributed by atoms with van der Waals surface area (Å²) in [7, 11) is 0. The quantitative estimate of drug-likeness (QED) is 0.229. The third-order valence-corrected chi connectivity index (χ3v) is 5.32. The molecule has 1 amide bonds. The lowest BCUT2D eigenvalue weighted by Crippen LogP contribution is -2.14. The van der Waals surface area contributed by atoms with Gasteiger partial charge in [0.1, 0.15) is 23.2 Å². The van der Waals surface area contributed by atoms with Crippen LogP contribution in [0.2, 0.25) is 5.02 Å². The zero-order chi connectivity index (χ0) is 22.7. The van der Waals surface area contributed by atoms with Crippen LogP contribution in [0.1, 0.15) is 22.5 Å². The molecule has 0 unspecified atom stereocenters. The number of carbonyl (C=O) groups is 1. The first-order valence-corrected chi connectivity index (χ1v) is 9.63. The van der Waals surface area contributed by atoms with Crippen LogP contribution >= 0.6 is 11.6 Å². The summed E-state index contributed by atoms with van der Waals surface area (Å²) < 4.78 is 5.72. The normalized spacial score (nSPS) is 11.1. The fourth-order valence-corrected chi connectivity index (χ4v) is 3.16. The molecule has 0 spiro atoms. The Morgan fingerprint density at radius 3 is 2.61 bits per heavy atom. The Kier molecular flexibility index (Phi) is 6.23. The van der Waals surface area contributed by atoms with Gasteiger partial charge in [-0.05, 0) is 62.2 Å². The van der Waals surface area contributed by atoms with Gasteiger partial charge in [-0.15, -0.1) is 0 Å². The van der Waals surface area contributed by atoms with Crippen molar-refractivity contribution in [2.24, 2.45) is 0 Å². The van der Waals surface area contributed by atoms with E-state index in [4.69, 9.17) is 16.0 Å². The van der Waals surface area contributed by atoms with Crippen molar-refractivity contribution in [1.29, 1.82) is 5.26 Å². The summed E-state index contributed by atoms with van der Waals surface area (Å²) in [5.74, 6) is 0.0545. The number of rotatable bonds is 5. The van der Waals surface area contributed by atoms with Gasteiger partial charge in [0.2, 0.25) is 0 Å². The highest BCUT2D eigenvalue weighted by atomic mass is 35.5. The number of nitro groups is 1. The van der Waals surface area contributed by atoms with Gasteiger partial charge in [0.05, 0.1) is 4.92 Å². The Morgan fingerprint density at radius 2 is 1.94 bits per heavy atom. The van der Waals surface area contributed by atoms with Crippen LogP contribution in [0.3, 0.4) is 0 Å². The van der Waals surface area contributed by atoms with Gasteiger partial charge < -0.3 is 9.73 Å². The zero-order valence-electron chi connectivity index (χ0n) is 17.0. The number of halogens is 1. The van der Waals surface area contributed by atoms with Crippen LogP contribution in [0.5, 0.6) is 0 Å². The van der Waals surface area contributed by atoms with Gasteiger partial charge in [-0.3, -0.25) is 14.9 Å². The molecule has 0 aliphatic carbocycles. The van der Waals surface area contributed by atoms with Crippen molar-refractivity contribution in [3.63, 3.8) is 0 Å². The number of carbonyl (C=O) groups excluding carboxylic acids is 1. The van der Waals surface area contributed by atoms with Gasteiger partial charge in [-0.25, -0.2) is 0 Å². The summed E-state index contributed by atoms with van der Waals surface area (Å²) in [5.41, 5.74) is 2.90. The maximum Gasteiger partial charge on any atom is 0.273 e. The number of benzene rings is 2. The van der Waals surface area contributed by atoms with E-state index in [2.05, 4.69) is 5.32 Å². The molecule has 3 aromatic rings. The summed E-state index contributed by atoms with van der Waals surface area (Å²) in [6.07, 6.45) is 1.31. The van der Waals surface area contributed by atoms with Gasteiger partial charge in [0.15, 0.2) is 0 Å². The lowest BCUT2D eigenvalue weighted by molar-refractivity contribution is -0.385. The van der Waals surface area contributed by atoms with Crippen LogP contribution in [-0.4, -0.2) is 10.8 Å². The molecule has 8 heteroatoms. The molecule has 7 nitrogen and oxygen atoms in total. The zero-order valence-corrected chi connectivity index (χ0v) is 17.8. The highest BCUT2D eigenvalue weighted by Gasteiger charge is 2.17. The van der Waals surface area contributed by atoms with Gasteiger partial charge >= 0.3 is 0 Å². The first-order chi connectivity index (χ1) is 14.7. The van der Waals surface area contributed by atoms with Crippen molar-refractivity contribution in [2.75, 3.05) is 5.32 Å². The predicted molar refractivity (Wildman–Crippen MR) is 119 cm³/mol. The lowest BCUT2D eigenvalue weighted by Gasteiger charge is -2.08. The molecule has 0 aliphatic rings. The highest BCUT2D eigenvalue weighted by molar-refractivity contribution is 6.31. The third kappa shape index (κ3) is 4.65. The third-order valence-electron chi connectivity index (χ3n) is 4.92. The van der Waals surface area contributed by atoms with E-state index in [1.165, 1.54) is 12.1 Å². The molecule has 2 aromatic carbocycles. The summed E-state index contributed by atoms with van der Waals surface area (Å²) in [5, 5.41) is 23.9. The molecular weight excluding hydrogens is 418 g/mol. The predicted octanol–water partition coefficient (Wildman–Crippen LogP) is 5.98.